The SMILES string of the molecule is COc1ccc(CCN2CCN(Cc3ccccc3)CC2)cc1. The molecule has 0 N–H and O–H groups in total. The molecule has 0 atom stereocenters. The Labute approximate surface area is 139 Å². The molecule has 23 heavy (non-hydrogen) atoms. The van der Waals surface area contributed by atoms with Crippen molar-refractivity contribution in [2.24, 2.45) is 0 Å². The van der Waals surface area contributed by atoms with Crippen LogP contribution in [0.5, 0.6) is 5.75 Å². The summed E-state index contributed by atoms with van der Waals surface area (Å²) in [5.74, 6) is 0.934. The van der Waals surface area contributed by atoms with E-state index in [1.807, 2.05) is 12.1 Å². The zero-order valence-electron chi connectivity index (χ0n) is 13.9. The maximum Gasteiger partial charge on any atom is 0.118 e. The highest BCUT2D eigenvalue weighted by Crippen LogP contribution is 2.13. The van der Waals surface area contributed by atoms with Crippen LogP contribution in [0.25, 0.3) is 0 Å². The Bertz CT molecular complexity index is 574. The summed E-state index contributed by atoms with van der Waals surface area (Å²) in [6.45, 7) is 6.89. The van der Waals surface area contributed by atoms with Gasteiger partial charge in [-0.25, -0.2) is 0 Å². The molecule has 0 aliphatic carbocycles. The highest BCUT2D eigenvalue weighted by Gasteiger charge is 2.16. The lowest BCUT2D eigenvalue weighted by atomic mass is 10.1. The fraction of sp³-hybridized carbons (Fsp3) is 0.400. The minimum absolute atomic E-state index is 0.934. The Balaban J connectivity index is 1.40. The standard InChI is InChI=1S/C20H26N2O/c1-23-20-9-7-18(8-10-20)11-12-21-13-15-22(16-14-21)17-19-5-3-2-4-6-19/h2-10H,11-17H2,1H3. The second-order valence-electron chi connectivity index (χ2n) is 6.20. The van der Waals surface area contributed by atoms with Crippen LogP contribution in [0.1, 0.15) is 11.1 Å². The number of benzene rings is 2. The molecular formula is C20H26N2O. The summed E-state index contributed by atoms with van der Waals surface area (Å²) in [6, 6.07) is 19.2. The molecule has 2 aromatic carbocycles. The molecule has 0 saturated carbocycles. The molecule has 0 radical (unpaired) electrons. The normalized spacial score (nSPS) is 16.4. The second-order valence-corrected chi connectivity index (χ2v) is 6.20. The van der Waals surface area contributed by atoms with E-state index < -0.39 is 0 Å². The van der Waals surface area contributed by atoms with Crippen LogP contribution in [-0.2, 0) is 13.0 Å². The van der Waals surface area contributed by atoms with Crippen molar-refractivity contribution in [1.29, 1.82) is 0 Å². The molecule has 1 aliphatic rings. The van der Waals surface area contributed by atoms with Crippen LogP contribution in [0.2, 0.25) is 0 Å². The van der Waals surface area contributed by atoms with Crippen molar-refractivity contribution in [2.75, 3.05) is 39.8 Å². The molecule has 0 spiro atoms. The summed E-state index contributed by atoms with van der Waals surface area (Å²) in [7, 11) is 1.71. The number of hydrogen-bond acceptors (Lipinski definition) is 3. The van der Waals surface area contributed by atoms with Crippen molar-refractivity contribution in [3.05, 3.63) is 65.7 Å². The number of nitrogens with zero attached hydrogens (tertiary/aromatic N) is 2. The maximum atomic E-state index is 5.21. The number of methoxy groups -OCH3 is 1. The molecule has 3 nitrogen and oxygen atoms in total. The summed E-state index contributed by atoms with van der Waals surface area (Å²) in [5.41, 5.74) is 2.80. The van der Waals surface area contributed by atoms with E-state index in [-0.39, 0.29) is 0 Å². The summed E-state index contributed by atoms with van der Waals surface area (Å²) in [6.07, 6.45) is 1.11. The molecule has 0 aromatic heterocycles. The van der Waals surface area contributed by atoms with Gasteiger partial charge < -0.3 is 9.64 Å². The number of rotatable bonds is 6. The third-order valence-corrected chi connectivity index (χ3v) is 4.59. The van der Waals surface area contributed by atoms with Gasteiger partial charge >= 0.3 is 0 Å². The predicted molar refractivity (Wildman–Crippen MR) is 94.9 cm³/mol. The monoisotopic (exact) mass is 310 g/mol. The van der Waals surface area contributed by atoms with Crippen LogP contribution < -0.4 is 4.74 Å². The minimum atomic E-state index is 0.934. The molecule has 122 valence electrons. The molecule has 1 aliphatic heterocycles. The predicted octanol–water partition coefficient (Wildman–Crippen LogP) is 3.06. The van der Waals surface area contributed by atoms with Crippen LogP contribution in [0.15, 0.2) is 54.6 Å². The maximum absolute atomic E-state index is 5.21. The smallest absolute Gasteiger partial charge is 0.118 e. The van der Waals surface area contributed by atoms with E-state index in [0.717, 1.165) is 38.3 Å². The Kier molecular flexibility index (Phi) is 5.67. The van der Waals surface area contributed by atoms with Crippen LogP contribution >= 0.6 is 0 Å². The lowest BCUT2D eigenvalue weighted by Crippen LogP contribution is -2.46. The van der Waals surface area contributed by atoms with Gasteiger partial charge in [0.05, 0.1) is 7.11 Å². The van der Waals surface area contributed by atoms with Crippen molar-refractivity contribution in [2.45, 2.75) is 13.0 Å². The Morgan fingerprint density at radius 2 is 1.43 bits per heavy atom. The lowest BCUT2D eigenvalue weighted by Gasteiger charge is -2.34. The number of piperazine rings is 1. The quantitative estimate of drug-likeness (QED) is 0.815. The van der Waals surface area contributed by atoms with E-state index in [9.17, 15) is 0 Å². The van der Waals surface area contributed by atoms with E-state index in [1.165, 1.54) is 24.2 Å². The molecule has 3 heteroatoms. The first kappa shape index (κ1) is 16.0. The summed E-state index contributed by atoms with van der Waals surface area (Å²) >= 11 is 0. The fourth-order valence-corrected chi connectivity index (χ4v) is 3.09. The van der Waals surface area contributed by atoms with Gasteiger partial charge in [-0.1, -0.05) is 42.5 Å². The van der Waals surface area contributed by atoms with Crippen molar-refractivity contribution >= 4 is 0 Å². The highest BCUT2D eigenvalue weighted by molar-refractivity contribution is 5.27. The molecule has 1 fully saturated rings. The number of hydrogen-bond donors (Lipinski definition) is 0. The first-order chi connectivity index (χ1) is 11.3. The molecule has 1 saturated heterocycles. The van der Waals surface area contributed by atoms with Gasteiger partial charge in [0, 0.05) is 39.3 Å². The van der Waals surface area contributed by atoms with E-state index >= 15 is 0 Å². The number of ether oxygens (including phenoxy) is 1. The summed E-state index contributed by atoms with van der Waals surface area (Å²) in [5, 5.41) is 0. The molecule has 3 rings (SSSR count). The van der Waals surface area contributed by atoms with E-state index in [2.05, 4.69) is 52.3 Å². The fourth-order valence-electron chi connectivity index (χ4n) is 3.09. The van der Waals surface area contributed by atoms with Gasteiger partial charge in [0.1, 0.15) is 5.75 Å². The first-order valence-electron chi connectivity index (χ1n) is 8.45. The lowest BCUT2D eigenvalue weighted by molar-refractivity contribution is 0.128. The molecule has 0 bridgehead atoms. The van der Waals surface area contributed by atoms with Gasteiger partial charge in [0.2, 0.25) is 0 Å². The van der Waals surface area contributed by atoms with Gasteiger partial charge in [-0.05, 0) is 29.7 Å². The third-order valence-electron chi connectivity index (χ3n) is 4.59. The average molecular weight is 310 g/mol. The van der Waals surface area contributed by atoms with Gasteiger partial charge in [-0.3, -0.25) is 4.90 Å². The topological polar surface area (TPSA) is 15.7 Å². The van der Waals surface area contributed by atoms with E-state index in [1.54, 1.807) is 7.11 Å². The first-order valence-corrected chi connectivity index (χ1v) is 8.45. The van der Waals surface area contributed by atoms with Crippen LogP contribution in [-0.4, -0.2) is 49.6 Å². The van der Waals surface area contributed by atoms with Crippen molar-refractivity contribution in [3.8, 4) is 5.75 Å². The molecule has 2 aromatic rings. The van der Waals surface area contributed by atoms with Crippen molar-refractivity contribution < 1.29 is 4.74 Å². The van der Waals surface area contributed by atoms with Crippen LogP contribution in [0.4, 0.5) is 0 Å². The molecular weight excluding hydrogens is 284 g/mol. The minimum Gasteiger partial charge on any atom is -0.497 e. The van der Waals surface area contributed by atoms with Gasteiger partial charge in [-0.15, -0.1) is 0 Å². The van der Waals surface area contributed by atoms with Crippen LogP contribution in [0, 0.1) is 0 Å². The Morgan fingerprint density at radius 1 is 0.783 bits per heavy atom. The zero-order chi connectivity index (χ0) is 15.9. The molecule has 0 amide bonds. The third kappa shape index (κ3) is 4.81. The Morgan fingerprint density at radius 3 is 2.09 bits per heavy atom. The van der Waals surface area contributed by atoms with Crippen LogP contribution in [0.3, 0.4) is 0 Å². The molecule has 1 heterocycles. The highest BCUT2D eigenvalue weighted by atomic mass is 16.5. The summed E-state index contributed by atoms with van der Waals surface area (Å²) < 4.78 is 5.21. The van der Waals surface area contributed by atoms with Gasteiger partial charge in [-0.2, -0.15) is 0 Å². The van der Waals surface area contributed by atoms with E-state index in [4.69, 9.17) is 4.74 Å². The molecule has 0 unspecified atom stereocenters. The summed E-state index contributed by atoms with van der Waals surface area (Å²) in [4.78, 5) is 5.13. The van der Waals surface area contributed by atoms with Gasteiger partial charge in [0.25, 0.3) is 0 Å². The van der Waals surface area contributed by atoms with Crippen molar-refractivity contribution in [3.63, 3.8) is 0 Å². The largest absolute Gasteiger partial charge is 0.497 e. The van der Waals surface area contributed by atoms with E-state index in [0.29, 0.717) is 0 Å². The average Bonchev–Trinajstić information content (AvgIpc) is 2.62. The second kappa shape index (κ2) is 8.14. The zero-order valence-corrected chi connectivity index (χ0v) is 13.9. The van der Waals surface area contributed by atoms with Gasteiger partial charge in [0.15, 0.2) is 0 Å². The van der Waals surface area contributed by atoms with Crippen molar-refractivity contribution in [1.82, 2.24) is 9.80 Å². The Hall–Kier alpha value is -1.84.